The number of ether oxygens (including phenoxy) is 4. The van der Waals surface area contributed by atoms with Gasteiger partial charge < -0.3 is 23.5 Å². The first kappa shape index (κ1) is 21.3. The summed E-state index contributed by atoms with van der Waals surface area (Å²) in [6.45, 7) is 0. The first-order valence-corrected chi connectivity index (χ1v) is 10.1. The van der Waals surface area contributed by atoms with Crippen LogP contribution in [0.25, 0.3) is 33.3 Å². The molecule has 0 amide bonds. The number of aryl methyl sites for hydroxylation is 1. The van der Waals surface area contributed by atoms with Gasteiger partial charge in [0.2, 0.25) is 5.75 Å². The zero-order valence-electron chi connectivity index (χ0n) is 18.8. The number of fused-ring (bicyclic) bond motifs is 1. The van der Waals surface area contributed by atoms with E-state index in [1.807, 2.05) is 60.1 Å². The summed E-state index contributed by atoms with van der Waals surface area (Å²) in [6.07, 6.45) is 0. The molecule has 0 bridgehead atoms. The molecule has 0 radical (unpaired) electrons. The van der Waals surface area contributed by atoms with Crippen molar-refractivity contribution in [1.82, 2.24) is 4.57 Å². The molecule has 164 valence electrons. The van der Waals surface area contributed by atoms with Gasteiger partial charge in [0, 0.05) is 12.4 Å². The summed E-state index contributed by atoms with van der Waals surface area (Å²) in [5.74, 6) is 2.19. The Balaban J connectivity index is 2.13. The van der Waals surface area contributed by atoms with Gasteiger partial charge >= 0.3 is 0 Å². The lowest BCUT2D eigenvalue weighted by Crippen LogP contribution is -2.14. The Labute approximate surface area is 186 Å². The number of rotatable bonds is 6. The minimum atomic E-state index is -0.0706. The molecule has 0 atom stereocenters. The van der Waals surface area contributed by atoms with Gasteiger partial charge in [-0.2, -0.15) is 0 Å². The highest BCUT2D eigenvalue weighted by atomic mass is 16.5. The molecule has 0 aliphatic rings. The minimum absolute atomic E-state index is 0.0706. The van der Waals surface area contributed by atoms with Gasteiger partial charge in [-0.25, -0.2) is 0 Å². The first-order chi connectivity index (χ1) is 15.5. The van der Waals surface area contributed by atoms with Crippen molar-refractivity contribution in [2.75, 3.05) is 28.4 Å². The van der Waals surface area contributed by atoms with Gasteiger partial charge in [-0.05, 0) is 59.7 Å². The van der Waals surface area contributed by atoms with Crippen molar-refractivity contribution in [3.05, 3.63) is 70.9 Å². The number of nitrogens with zero attached hydrogens (tertiary/aromatic N) is 1. The lowest BCUT2D eigenvalue weighted by molar-refractivity contribution is 0.324. The first-order valence-electron chi connectivity index (χ1n) is 10.1. The van der Waals surface area contributed by atoms with Crippen LogP contribution in [0.5, 0.6) is 23.0 Å². The molecule has 0 fully saturated rings. The molecule has 0 unspecified atom stereocenters. The topological polar surface area (TPSA) is 58.9 Å². The summed E-state index contributed by atoms with van der Waals surface area (Å²) >= 11 is 0. The monoisotopic (exact) mass is 431 g/mol. The van der Waals surface area contributed by atoms with Gasteiger partial charge in [0.05, 0.1) is 45.2 Å². The highest BCUT2D eigenvalue weighted by molar-refractivity contribution is 5.93. The maximum absolute atomic E-state index is 13.8. The molecule has 6 nitrogen and oxygen atoms in total. The van der Waals surface area contributed by atoms with Crippen molar-refractivity contribution in [2.24, 2.45) is 7.05 Å². The average molecular weight is 431 g/mol. The Morgan fingerprint density at radius 2 is 1.34 bits per heavy atom. The number of methoxy groups -OCH3 is 4. The largest absolute Gasteiger partial charge is 0.497 e. The van der Waals surface area contributed by atoms with Crippen molar-refractivity contribution in [3.8, 4) is 45.4 Å². The Hall–Kier alpha value is -3.93. The van der Waals surface area contributed by atoms with Crippen molar-refractivity contribution in [2.45, 2.75) is 0 Å². The number of pyridine rings is 1. The van der Waals surface area contributed by atoms with Crippen LogP contribution in [-0.2, 0) is 7.05 Å². The fraction of sp³-hybridized carbons (Fsp3) is 0.192. The molecular formula is C26H25NO5. The summed E-state index contributed by atoms with van der Waals surface area (Å²) < 4.78 is 23.9. The van der Waals surface area contributed by atoms with Crippen LogP contribution in [-0.4, -0.2) is 33.0 Å². The Bertz CT molecular complexity index is 1310. The van der Waals surface area contributed by atoms with E-state index in [1.54, 1.807) is 40.6 Å². The van der Waals surface area contributed by atoms with Gasteiger partial charge in [-0.15, -0.1) is 0 Å². The van der Waals surface area contributed by atoms with Crippen molar-refractivity contribution in [1.29, 1.82) is 0 Å². The van der Waals surface area contributed by atoms with Crippen molar-refractivity contribution < 1.29 is 18.9 Å². The Kier molecular flexibility index (Phi) is 5.77. The van der Waals surface area contributed by atoms with Gasteiger partial charge in [0.15, 0.2) is 16.9 Å². The van der Waals surface area contributed by atoms with E-state index in [1.165, 1.54) is 0 Å². The van der Waals surface area contributed by atoms with Crippen LogP contribution >= 0.6 is 0 Å². The summed E-state index contributed by atoms with van der Waals surface area (Å²) in [7, 11) is 8.26. The molecular weight excluding hydrogens is 406 g/mol. The molecule has 1 heterocycles. The third-order valence-corrected chi connectivity index (χ3v) is 5.63. The number of benzene rings is 3. The normalized spacial score (nSPS) is 10.8. The van der Waals surface area contributed by atoms with Crippen LogP contribution < -0.4 is 24.4 Å². The van der Waals surface area contributed by atoms with Crippen LogP contribution in [0, 0.1) is 0 Å². The molecule has 0 N–H and O–H groups in total. The standard InChI is InChI=1S/C26H25NO5/c1-27-20-9-7-6-8-19(20)25(28)23(24(27)16-10-12-18(29-2)13-11-16)17-14-21(30-3)26(32-5)22(15-17)31-4/h6-15H,1-5H3. The predicted octanol–water partition coefficient (Wildman–Crippen LogP) is 4.91. The third kappa shape index (κ3) is 3.43. The molecule has 4 rings (SSSR count). The zero-order valence-corrected chi connectivity index (χ0v) is 18.8. The fourth-order valence-electron chi connectivity index (χ4n) is 4.07. The second kappa shape index (κ2) is 8.67. The molecule has 0 aliphatic heterocycles. The molecule has 32 heavy (non-hydrogen) atoms. The molecule has 0 saturated heterocycles. The zero-order chi connectivity index (χ0) is 22.8. The number of para-hydroxylation sites is 1. The molecule has 0 saturated carbocycles. The van der Waals surface area contributed by atoms with Gasteiger partial charge in [-0.1, -0.05) is 12.1 Å². The quantitative estimate of drug-likeness (QED) is 0.434. The molecule has 3 aromatic carbocycles. The fourth-order valence-corrected chi connectivity index (χ4v) is 4.07. The van der Waals surface area contributed by atoms with E-state index in [9.17, 15) is 4.79 Å². The van der Waals surface area contributed by atoms with E-state index in [2.05, 4.69) is 0 Å². The number of hydrogen-bond acceptors (Lipinski definition) is 5. The molecule has 1 aromatic heterocycles. The van der Waals surface area contributed by atoms with Gasteiger partial charge in [-0.3, -0.25) is 4.79 Å². The van der Waals surface area contributed by atoms with Crippen LogP contribution in [0.4, 0.5) is 0 Å². The van der Waals surface area contributed by atoms with Gasteiger partial charge in [0.1, 0.15) is 5.75 Å². The van der Waals surface area contributed by atoms with Gasteiger partial charge in [0.25, 0.3) is 0 Å². The van der Waals surface area contributed by atoms with Crippen LogP contribution in [0.15, 0.2) is 65.5 Å². The molecule has 0 aliphatic carbocycles. The Morgan fingerprint density at radius 1 is 0.719 bits per heavy atom. The highest BCUT2D eigenvalue weighted by Gasteiger charge is 2.22. The van der Waals surface area contributed by atoms with E-state index in [-0.39, 0.29) is 5.43 Å². The van der Waals surface area contributed by atoms with E-state index in [0.717, 1.165) is 22.5 Å². The number of hydrogen-bond donors (Lipinski definition) is 0. The van der Waals surface area contributed by atoms with Crippen molar-refractivity contribution >= 4 is 10.9 Å². The predicted molar refractivity (Wildman–Crippen MR) is 126 cm³/mol. The highest BCUT2D eigenvalue weighted by Crippen LogP contribution is 2.43. The molecule has 6 heteroatoms. The summed E-state index contributed by atoms with van der Waals surface area (Å²) in [5, 5.41) is 0.635. The lowest BCUT2D eigenvalue weighted by atomic mass is 9.95. The maximum Gasteiger partial charge on any atom is 0.203 e. The average Bonchev–Trinajstić information content (AvgIpc) is 2.85. The van der Waals surface area contributed by atoms with Crippen LogP contribution in [0.3, 0.4) is 0 Å². The minimum Gasteiger partial charge on any atom is -0.497 e. The third-order valence-electron chi connectivity index (χ3n) is 5.63. The second-order valence-corrected chi connectivity index (χ2v) is 7.27. The number of aromatic nitrogens is 1. The maximum atomic E-state index is 13.8. The molecule has 0 spiro atoms. The smallest absolute Gasteiger partial charge is 0.203 e. The molecule has 4 aromatic rings. The van der Waals surface area contributed by atoms with E-state index in [4.69, 9.17) is 18.9 Å². The Morgan fingerprint density at radius 3 is 1.91 bits per heavy atom. The van der Waals surface area contributed by atoms with E-state index < -0.39 is 0 Å². The van der Waals surface area contributed by atoms with Crippen LogP contribution in [0.2, 0.25) is 0 Å². The summed E-state index contributed by atoms with van der Waals surface area (Å²) in [5.41, 5.74) is 3.68. The summed E-state index contributed by atoms with van der Waals surface area (Å²) in [6, 6.07) is 18.9. The SMILES string of the molecule is COc1ccc(-c2c(-c3cc(OC)c(OC)c(OC)c3)c(=O)c3ccccc3n2C)cc1. The lowest BCUT2D eigenvalue weighted by Gasteiger charge is -2.20. The van der Waals surface area contributed by atoms with Crippen molar-refractivity contribution in [3.63, 3.8) is 0 Å². The van der Waals surface area contributed by atoms with E-state index >= 15 is 0 Å². The van der Waals surface area contributed by atoms with Crippen LogP contribution in [0.1, 0.15) is 0 Å². The second-order valence-electron chi connectivity index (χ2n) is 7.27. The summed E-state index contributed by atoms with van der Waals surface area (Å²) in [4.78, 5) is 13.8. The van der Waals surface area contributed by atoms with E-state index in [0.29, 0.717) is 33.8 Å².